The van der Waals surface area contributed by atoms with Crippen LogP contribution in [0.4, 0.5) is 0 Å². The number of hydrogen-bond donors (Lipinski definition) is 1. The molecule has 1 aliphatic rings. The fraction of sp³-hybridized carbons (Fsp3) is 0.600. The highest BCUT2D eigenvalue weighted by atomic mass is 16.5. The second-order valence-electron chi connectivity index (χ2n) is 5.30. The summed E-state index contributed by atoms with van der Waals surface area (Å²) >= 11 is 0. The molecule has 0 radical (unpaired) electrons. The molecule has 3 heteroatoms. The molecule has 1 saturated heterocycles. The molecule has 2 rings (SSSR count). The van der Waals surface area contributed by atoms with Crippen LogP contribution in [0.25, 0.3) is 0 Å². The molecule has 1 heterocycles. The fourth-order valence-corrected chi connectivity index (χ4v) is 2.71. The lowest BCUT2D eigenvalue weighted by molar-refractivity contribution is -0.0704. The quantitative estimate of drug-likeness (QED) is 0.882. The van der Waals surface area contributed by atoms with E-state index in [1.165, 1.54) is 11.1 Å². The van der Waals surface area contributed by atoms with Crippen molar-refractivity contribution >= 4 is 0 Å². The highest BCUT2D eigenvalue weighted by Gasteiger charge is 2.21. The number of nitrogens with zero attached hydrogens (tertiary/aromatic N) is 1. The van der Waals surface area contributed by atoms with E-state index in [9.17, 15) is 0 Å². The van der Waals surface area contributed by atoms with Crippen molar-refractivity contribution in [2.45, 2.75) is 39.1 Å². The monoisotopic (exact) mass is 248 g/mol. The zero-order valence-electron chi connectivity index (χ0n) is 11.6. The van der Waals surface area contributed by atoms with E-state index in [0.29, 0.717) is 12.2 Å². The van der Waals surface area contributed by atoms with Gasteiger partial charge in [0, 0.05) is 26.2 Å². The smallest absolute Gasteiger partial charge is 0.0678 e. The largest absolute Gasteiger partial charge is 0.373 e. The van der Waals surface area contributed by atoms with Gasteiger partial charge in [-0.25, -0.2) is 0 Å². The number of ether oxygens (including phenoxy) is 1. The van der Waals surface area contributed by atoms with Gasteiger partial charge in [-0.3, -0.25) is 4.90 Å². The first-order valence-electron chi connectivity index (χ1n) is 6.77. The van der Waals surface area contributed by atoms with Crippen LogP contribution in [0, 0.1) is 0 Å². The summed E-state index contributed by atoms with van der Waals surface area (Å²) in [5.74, 6) is 0. The predicted octanol–water partition coefficient (Wildman–Crippen LogP) is 2.02. The summed E-state index contributed by atoms with van der Waals surface area (Å²) in [5.41, 5.74) is 2.74. The van der Waals surface area contributed by atoms with Gasteiger partial charge in [0.15, 0.2) is 0 Å². The van der Waals surface area contributed by atoms with E-state index in [-0.39, 0.29) is 0 Å². The molecule has 1 fully saturated rings. The van der Waals surface area contributed by atoms with Crippen LogP contribution in [0.2, 0.25) is 0 Å². The average molecular weight is 248 g/mol. The van der Waals surface area contributed by atoms with Crippen LogP contribution in [0.5, 0.6) is 0 Å². The van der Waals surface area contributed by atoms with Crippen LogP contribution in [0.15, 0.2) is 24.3 Å². The first-order valence-corrected chi connectivity index (χ1v) is 6.77. The molecule has 3 nitrogen and oxygen atoms in total. The maximum atomic E-state index is 5.76. The van der Waals surface area contributed by atoms with E-state index < -0.39 is 0 Å². The zero-order chi connectivity index (χ0) is 13.0. The molecule has 18 heavy (non-hydrogen) atoms. The molecular formula is C15H24N2O. The number of benzene rings is 1. The van der Waals surface area contributed by atoms with Gasteiger partial charge >= 0.3 is 0 Å². The second-order valence-corrected chi connectivity index (χ2v) is 5.30. The molecule has 1 aliphatic heterocycles. The molecule has 1 aromatic carbocycles. The van der Waals surface area contributed by atoms with Crippen molar-refractivity contribution in [2.75, 3.05) is 20.1 Å². The minimum Gasteiger partial charge on any atom is -0.373 e. The van der Waals surface area contributed by atoms with Crippen molar-refractivity contribution in [2.24, 2.45) is 0 Å². The Morgan fingerprint density at radius 3 is 2.56 bits per heavy atom. The van der Waals surface area contributed by atoms with Crippen LogP contribution in [0.3, 0.4) is 0 Å². The molecule has 0 saturated carbocycles. The van der Waals surface area contributed by atoms with Crippen molar-refractivity contribution in [1.82, 2.24) is 10.2 Å². The van der Waals surface area contributed by atoms with E-state index >= 15 is 0 Å². The molecule has 0 bridgehead atoms. The van der Waals surface area contributed by atoms with Crippen molar-refractivity contribution < 1.29 is 4.74 Å². The summed E-state index contributed by atoms with van der Waals surface area (Å²) in [6.45, 7) is 8.32. The van der Waals surface area contributed by atoms with Crippen molar-refractivity contribution in [3.8, 4) is 0 Å². The Morgan fingerprint density at radius 1 is 1.22 bits per heavy atom. The Hall–Kier alpha value is -0.900. The summed E-state index contributed by atoms with van der Waals surface area (Å²) in [7, 11) is 1.98. The molecular weight excluding hydrogens is 224 g/mol. The molecule has 0 amide bonds. The molecule has 0 aromatic heterocycles. The molecule has 0 spiro atoms. The molecule has 1 aromatic rings. The number of rotatable bonds is 4. The van der Waals surface area contributed by atoms with Gasteiger partial charge < -0.3 is 10.1 Å². The van der Waals surface area contributed by atoms with Crippen LogP contribution in [0.1, 0.15) is 25.0 Å². The van der Waals surface area contributed by atoms with Gasteiger partial charge in [0.05, 0.1) is 12.2 Å². The van der Waals surface area contributed by atoms with E-state index in [0.717, 1.165) is 26.2 Å². The standard InChI is InChI=1S/C15H24N2O/c1-12-9-17(10-13(2)18-12)11-15-6-4-5-14(7-15)8-16-3/h4-7,12-13,16H,8-11H2,1-3H3. The lowest BCUT2D eigenvalue weighted by Gasteiger charge is -2.35. The third-order valence-corrected chi connectivity index (χ3v) is 3.27. The normalized spacial score (nSPS) is 25.3. The van der Waals surface area contributed by atoms with Gasteiger partial charge in [0.2, 0.25) is 0 Å². The minimum absolute atomic E-state index is 0.342. The molecule has 2 unspecified atom stereocenters. The summed E-state index contributed by atoms with van der Waals surface area (Å²) < 4.78 is 5.76. The number of hydrogen-bond acceptors (Lipinski definition) is 3. The topological polar surface area (TPSA) is 24.5 Å². The SMILES string of the molecule is CNCc1cccc(CN2CC(C)OC(C)C2)c1. The first kappa shape index (κ1) is 13.5. The summed E-state index contributed by atoms with van der Waals surface area (Å²) in [4.78, 5) is 2.48. The highest BCUT2D eigenvalue weighted by molar-refractivity contribution is 5.23. The summed E-state index contributed by atoms with van der Waals surface area (Å²) in [5, 5.41) is 3.20. The maximum Gasteiger partial charge on any atom is 0.0678 e. The Bertz CT molecular complexity index is 371. The highest BCUT2D eigenvalue weighted by Crippen LogP contribution is 2.15. The third-order valence-electron chi connectivity index (χ3n) is 3.27. The predicted molar refractivity (Wildman–Crippen MR) is 74.5 cm³/mol. The van der Waals surface area contributed by atoms with Gasteiger partial charge in [-0.15, -0.1) is 0 Å². The Balaban J connectivity index is 1.97. The fourth-order valence-electron chi connectivity index (χ4n) is 2.71. The van der Waals surface area contributed by atoms with Crippen molar-refractivity contribution in [1.29, 1.82) is 0 Å². The number of nitrogens with one attached hydrogen (secondary N) is 1. The molecule has 1 N–H and O–H groups in total. The van der Waals surface area contributed by atoms with E-state index in [1.54, 1.807) is 0 Å². The zero-order valence-corrected chi connectivity index (χ0v) is 11.6. The Labute approximate surface area is 110 Å². The summed E-state index contributed by atoms with van der Waals surface area (Å²) in [6.07, 6.45) is 0.684. The van der Waals surface area contributed by atoms with Gasteiger partial charge in [-0.05, 0) is 32.0 Å². The van der Waals surface area contributed by atoms with Crippen LogP contribution < -0.4 is 5.32 Å². The Morgan fingerprint density at radius 2 is 1.89 bits per heavy atom. The molecule has 0 aliphatic carbocycles. The van der Waals surface area contributed by atoms with Gasteiger partial charge in [0.25, 0.3) is 0 Å². The van der Waals surface area contributed by atoms with E-state index in [2.05, 4.69) is 48.3 Å². The average Bonchev–Trinajstić information content (AvgIpc) is 2.28. The van der Waals surface area contributed by atoms with E-state index in [1.807, 2.05) is 7.05 Å². The van der Waals surface area contributed by atoms with Crippen molar-refractivity contribution in [3.63, 3.8) is 0 Å². The first-order chi connectivity index (χ1) is 8.67. The van der Waals surface area contributed by atoms with Crippen molar-refractivity contribution in [3.05, 3.63) is 35.4 Å². The van der Waals surface area contributed by atoms with Crippen LogP contribution in [-0.4, -0.2) is 37.2 Å². The van der Waals surface area contributed by atoms with Gasteiger partial charge in [-0.1, -0.05) is 24.3 Å². The van der Waals surface area contributed by atoms with Crippen LogP contribution >= 0.6 is 0 Å². The van der Waals surface area contributed by atoms with Gasteiger partial charge in [0.1, 0.15) is 0 Å². The lowest BCUT2D eigenvalue weighted by atomic mass is 10.1. The second kappa shape index (κ2) is 6.32. The van der Waals surface area contributed by atoms with E-state index in [4.69, 9.17) is 4.74 Å². The lowest BCUT2D eigenvalue weighted by Crippen LogP contribution is -2.44. The number of morpholine rings is 1. The third kappa shape index (κ3) is 3.80. The summed E-state index contributed by atoms with van der Waals surface area (Å²) in [6, 6.07) is 8.82. The van der Waals surface area contributed by atoms with Gasteiger partial charge in [-0.2, -0.15) is 0 Å². The minimum atomic E-state index is 0.342. The Kier molecular flexibility index (Phi) is 4.75. The maximum absolute atomic E-state index is 5.76. The molecule has 2 atom stereocenters. The van der Waals surface area contributed by atoms with Crippen LogP contribution in [-0.2, 0) is 17.8 Å². The molecule has 100 valence electrons.